The van der Waals surface area contributed by atoms with E-state index < -0.39 is 28.5 Å². The summed E-state index contributed by atoms with van der Waals surface area (Å²) < 4.78 is 27.5. The first-order chi connectivity index (χ1) is 19.1. The van der Waals surface area contributed by atoms with Crippen LogP contribution in [0.5, 0.6) is 0 Å². The molecule has 0 heterocycles. The molecule has 2 amide bonds. The van der Waals surface area contributed by atoms with Crippen LogP contribution in [-0.2, 0) is 32.6 Å². The second kappa shape index (κ2) is 13.4. The fraction of sp³-hybridized carbons (Fsp3) is 0.355. The number of hydrogen-bond acceptors (Lipinski definition) is 4. The van der Waals surface area contributed by atoms with Crippen LogP contribution in [0, 0.1) is 6.92 Å². The second-order valence-corrected chi connectivity index (χ2v) is 12.9. The van der Waals surface area contributed by atoms with E-state index in [1.165, 1.54) is 36.2 Å². The molecule has 1 N–H and O–H groups in total. The van der Waals surface area contributed by atoms with Crippen molar-refractivity contribution in [2.75, 3.05) is 13.6 Å². The van der Waals surface area contributed by atoms with Crippen LogP contribution in [0.4, 0.5) is 0 Å². The smallest absolute Gasteiger partial charge is 0.243 e. The SMILES string of the molecule is Cc1ccc(CN(C(=O)CN(C)S(=O)(=O)c2ccc(Cl)cc2)C(Cc2ccccc2)C(=O)NC2CCCC2)cc1. The van der Waals surface area contributed by atoms with Gasteiger partial charge in [0.25, 0.3) is 0 Å². The number of amides is 2. The standard InChI is InChI=1S/C31H36ClN3O4S/c1-23-12-14-25(15-13-23)21-35(30(36)22-34(2)40(38,39)28-18-16-26(32)17-19-28)29(20-24-8-4-3-5-9-24)31(37)33-27-10-6-7-11-27/h3-5,8-9,12-19,27,29H,6-7,10-11,20-22H2,1-2H3,(H,33,37). The molecule has 3 aromatic carbocycles. The van der Waals surface area contributed by atoms with Gasteiger partial charge in [-0.1, -0.05) is 84.6 Å². The molecule has 1 unspecified atom stereocenters. The molecule has 9 heteroatoms. The number of carbonyl (C=O) groups is 2. The fourth-order valence-electron chi connectivity index (χ4n) is 4.96. The third-order valence-electron chi connectivity index (χ3n) is 7.33. The van der Waals surface area contributed by atoms with Crippen molar-refractivity contribution in [1.29, 1.82) is 0 Å². The van der Waals surface area contributed by atoms with Crippen LogP contribution in [0.15, 0.2) is 83.8 Å². The number of carbonyl (C=O) groups excluding carboxylic acids is 2. The molecule has 1 aliphatic carbocycles. The van der Waals surface area contributed by atoms with Crippen molar-refractivity contribution in [3.8, 4) is 0 Å². The van der Waals surface area contributed by atoms with Crippen LogP contribution < -0.4 is 5.32 Å². The van der Waals surface area contributed by atoms with E-state index in [0.717, 1.165) is 46.7 Å². The highest BCUT2D eigenvalue weighted by Gasteiger charge is 2.34. The van der Waals surface area contributed by atoms with E-state index in [2.05, 4.69) is 5.32 Å². The molecule has 0 aromatic heterocycles. The number of halogens is 1. The summed E-state index contributed by atoms with van der Waals surface area (Å²) in [5.41, 5.74) is 2.85. The van der Waals surface area contributed by atoms with E-state index in [-0.39, 0.29) is 23.4 Å². The Bertz CT molecular complexity index is 1390. The molecule has 0 bridgehead atoms. The minimum Gasteiger partial charge on any atom is -0.352 e. The highest BCUT2D eigenvalue weighted by molar-refractivity contribution is 7.89. The molecule has 1 aliphatic rings. The molecule has 212 valence electrons. The van der Waals surface area contributed by atoms with Crippen molar-refractivity contribution in [3.63, 3.8) is 0 Å². The quantitative estimate of drug-likeness (QED) is 0.346. The Morgan fingerprint density at radius 1 is 0.925 bits per heavy atom. The third-order valence-corrected chi connectivity index (χ3v) is 9.40. The van der Waals surface area contributed by atoms with Crippen LogP contribution in [0.1, 0.15) is 42.4 Å². The number of benzene rings is 3. The summed E-state index contributed by atoms with van der Waals surface area (Å²) in [6, 6.07) is 22.4. The minimum absolute atomic E-state index is 0.0390. The average molecular weight is 582 g/mol. The van der Waals surface area contributed by atoms with Gasteiger partial charge < -0.3 is 10.2 Å². The zero-order valence-corrected chi connectivity index (χ0v) is 24.5. The molecular weight excluding hydrogens is 546 g/mol. The first-order valence-electron chi connectivity index (χ1n) is 13.5. The molecule has 4 rings (SSSR count). The van der Waals surface area contributed by atoms with E-state index in [4.69, 9.17) is 11.6 Å². The maximum atomic E-state index is 13.9. The molecular formula is C31H36ClN3O4S. The molecule has 1 saturated carbocycles. The number of likely N-dealkylation sites (N-methyl/N-ethyl adjacent to an activating group) is 1. The predicted octanol–water partition coefficient (Wildman–Crippen LogP) is 4.97. The minimum atomic E-state index is -3.96. The van der Waals surface area contributed by atoms with Gasteiger partial charge in [-0.3, -0.25) is 9.59 Å². The van der Waals surface area contributed by atoms with Crippen LogP contribution >= 0.6 is 11.6 Å². The highest BCUT2D eigenvalue weighted by atomic mass is 35.5. The summed E-state index contributed by atoms with van der Waals surface area (Å²) in [6.07, 6.45) is 4.27. The van der Waals surface area contributed by atoms with Crippen LogP contribution in [0.3, 0.4) is 0 Å². The van der Waals surface area contributed by atoms with Gasteiger partial charge in [-0.15, -0.1) is 0 Å². The summed E-state index contributed by atoms with van der Waals surface area (Å²) in [5, 5.41) is 3.58. The lowest BCUT2D eigenvalue weighted by molar-refractivity contribution is -0.141. The van der Waals surface area contributed by atoms with E-state index in [0.29, 0.717) is 11.4 Å². The van der Waals surface area contributed by atoms with Crippen molar-refractivity contribution in [3.05, 3.63) is 101 Å². The van der Waals surface area contributed by atoms with Gasteiger partial charge in [0.05, 0.1) is 11.4 Å². The lowest BCUT2D eigenvalue weighted by Gasteiger charge is -2.33. The summed E-state index contributed by atoms with van der Waals surface area (Å²) >= 11 is 5.94. The Hall–Kier alpha value is -3.20. The van der Waals surface area contributed by atoms with Crippen LogP contribution in [0.2, 0.25) is 5.02 Å². The van der Waals surface area contributed by atoms with Gasteiger partial charge in [-0.2, -0.15) is 4.31 Å². The summed E-state index contributed by atoms with van der Waals surface area (Å²) in [6.45, 7) is 1.74. The van der Waals surface area contributed by atoms with Crippen molar-refractivity contribution < 1.29 is 18.0 Å². The monoisotopic (exact) mass is 581 g/mol. The molecule has 0 saturated heterocycles. The largest absolute Gasteiger partial charge is 0.352 e. The molecule has 1 fully saturated rings. The Balaban J connectivity index is 1.65. The number of sulfonamides is 1. The Morgan fingerprint density at radius 2 is 1.55 bits per heavy atom. The fourth-order valence-corrected chi connectivity index (χ4v) is 6.21. The third kappa shape index (κ3) is 7.71. The second-order valence-electron chi connectivity index (χ2n) is 10.4. The maximum absolute atomic E-state index is 13.9. The number of nitrogens with one attached hydrogen (secondary N) is 1. The topological polar surface area (TPSA) is 86.8 Å². The normalized spacial score (nSPS) is 14.7. The molecule has 40 heavy (non-hydrogen) atoms. The Kier molecular flexibility index (Phi) is 10.0. The number of rotatable bonds is 11. The molecule has 1 atom stereocenters. The number of aryl methyl sites for hydroxylation is 1. The maximum Gasteiger partial charge on any atom is 0.243 e. The van der Waals surface area contributed by atoms with Gasteiger partial charge in [-0.05, 0) is 55.2 Å². The van der Waals surface area contributed by atoms with Crippen molar-refractivity contribution in [1.82, 2.24) is 14.5 Å². The average Bonchev–Trinajstić information content (AvgIpc) is 3.45. The lowest BCUT2D eigenvalue weighted by Crippen LogP contribution is -2.54. The summed E-state index contributed by atoms with van der Waals surface area (Å²) in [4.78, 5) is 29.3. The van der Waals surface area contributed by atoms with Crippen molar-refractivity contribution in [2.24, 2.45) is 0 Å². The lowest BCUT2D eigenvalue weighted by atomic mass is 10.0. The Morgan fingerprint density at radius 3 is 2.17 bits per heavy atom. The number of hydrogen-bond donors (Lipinski definition) is 1. The van der Waals surface area contributed by atoms with Gasteiger partial charge >= 0.3 is 0 Å². The zero-order chi connectivity index (χ0) is 28.7. The van der Waals surface area contributed by atoms with E-state index >= 15 is 0 Å². The Labute approximate surface area is 242 Å². The first kappa shape index (κ1) is 29.8. The van der Waals surface area contributed by atoms with E-state index in [1.807, 2.05) is 61.5 Å². The van der Waals surface area contributed by atoms with Gasteiger partial charge in [0, 0.05) is 31.1 Å². The van der Waals surface area contributed by atoms with Gasteiger partial charge in [0.15, 0.2) is 0 Å². The van der Waals surface area contributed by atoms with Gasteiger partial charge in [0.2, 0.25) is 21.8 Å². The van der Waals surface area contributed by atoms with Gasteiger partial charge in [0.1, 0.15) is 6.04 Å². The molecule has 0 aliphatic heterocycles. The zero-order valence-electron chi connectivity index (χ0n) is 22.9. The van der Waals surface area contributed by atoms with Crippen molar-refractivity contribution >= 4 is 33.4 Å². The van der Waals surface area contributed by atoms with E-state index in [9.17, 15) is 18.0 Å². The summed E-state index contributed by atoms with van der Waals surface area (Å²) in [7, 11) is -2.59. The van der Waals surface area contributed by atoms with Crippen LogP contribution in [0.25, 0.3) is 0 Å². The number of nitrogens with zero attached hydrogens (tertiary/aromatic N) is 2. The highest BCUT2D eigenvalue weighted by Crippen LogP contribution is 2.22. The molecule has 0 spiro atoms. The van der Waals surface area contributed by atoms with Gasteiger partial charge in [-0.25, -0.2) is 8.42 Å². The molecule has 0 radical (unpaired) electrons. The van der Waals surface area contributed by atoms with Crippen LogP contribution in [-0.4, -0.2) is 55.1 Å². The molecule has 3 aromatic rings. The first-order valence-corrected chi connectivity index (χ1v) is 15.4. The van der Waals surface area contributed by atoms with Crippen molar-refractivity contribution in [2.45, 2.75) is 62.6 Å². The summed E-state index contributed by atoms with van der Waals surface area (Å²) in [5.74, 6) is -0.678. The predicted molar refractivity (Wildman–Crippen MR) is 157 cm³/mol. The van der Waals surface area contributed by atoms with E-state index in [1.54, 1.807) is 0 Å². The molecule has 7 nitrogen and oxygen atoms in total.